The van der Waals surface area contributed by atoms with Gasteiger partial charge < -0.3 is 11.5 Å². The molecule has 1 aliphatic heterocycles. The Labute approximate surface area is 98.3 Å². The van der Waals surface area contributed by atoms with Gasteiger partial charge >= 0.3 is 0 Å². The average Bonchev–Trinajstić information content (AvgIpc) is 2.17. The molecule has 4 nitrogen and oxygen atoms in total. The average molecular weight is 227 g/mol. The molecule has 16 heavy (non-hydrogen) atoms. The lowest BCUT2D eigenvalue weighted by molar-refractivity contribution is -0.126. The Kier molecular flexibility index (Phi) is 4.33. The monoisotopic (exact) mass is 227 g/mol. The highest BCUT2D eigenvalue weighted by molar-refractivity contribution is 5.80. The van der Waals surface area contributed by atoms with E-state index in [1.807, 2.05) is 0 Å². The molecule has 1 aliphatic rings. The van der Waals surface area contributed by atoms with E-state index in [1.54, 1.807) is 0 Å². The van der Waals surface area contributed by atoms with Gasteiger partial charge in [0.15, 0.2) is 0 Å². The number of primary amides is 1. The summed E-state index contributed by atoms with van der Waals surface area (Å²) in [6, 6.07) is 0.104. The molecule has 0 bridgehead atoms. The number of carbonyl (C=O) groups is 1. The maximum Gasteiger partial charge on any atom is 0.234 e. The molecule has 0 aromatic carbocycles. The molecule has 0 aromatic heterocycles. The van der Waals surface area contributed by atoms with Crippen molar-refractivity contribution in [1.29, 1.82) is 0 Å². The van der Waals surface area contributed by atoms with Crippen LogP contribution in [0.25, 0.3) is 0 Å². The van der Waals surface area contributed by atoms with Crippen LogP contribution in [0.1, 0.15) is 40.0 Å². The lowest BCUT2D eigenvalue weighted by Gasteiger charge is -2.45. The van der Waals surface area contributed by atoms with Crippen molar-refractivity contribution < 1.29 is 4.79 Å². The molecule has 4 N–H and O–H groups in total. The lowest BCUT2D eigenvalue weighted by Crippen LogP contribution is -2.58. The van der Waals surface area contributed by atoms with Gasteiger partial charge in [0.2, 0.25) is 5.91 Å². The maximum absolute atomic E-state index is 11.5. The van der Waals surface area contributed by atoms with Crippen LogP contribution in [-0.2, 0) is 4.79 Å². The molecule has 0 spiro atoms. The Hall–Kier alpha value is -0.610. The van der Waals surface area contributed by atoms with Crippen molar-refractivity contribution in [2.24, 2.45) is 16.9 Å². The first-order chi connectivity index (χ1) is 7.38. The molecule has 0 radical (unpaired) electrons. The van der Waals surface area contributed by atoms with E-state index >= 15 is 0 Å². The molecule has 1 heterocycles. The zero-order valence-corrected chi connectivity index (χ0v) is 10.7. The van der Waals surface area contributed by atoms with Gasteiger partial charge in [-0.3, -0.25) is 9.69 Å². The summed E-state index contributed by atoms with van der Waals surface area (Å²) in [5.41, 5.74) is 11.4. The standard InChI is InChI=1S/C12H25N3O/c1-12(2,3)10(8-13)15-7-5-4-6-9(15)11(14)16/h9-10H,4-8,13H2,1-3H3,(H2,14,16). The van der Waals surface area contributed by atoms with Crippen LogP contribution < -0.4 is 11.5 Å². The van der Waals surface area contributed by atoms with Crippen molar-refractivity contribution in [3.63, 3.8) is 0 Å². The predicted molar refractivity (Wildman–Crippen MR) is 65.8 cm³/mol. The summed E-state index contributed by atoms with van der Waals surface area (Å²) in [6.45, 7) is 8.01. The minimum absolute atomic E-state index is 0.0831. The van der Waals surface area contributed by atoms with Gasteiger partial charge in [-0.25, -0.2) is 0 Å². The number of likely N-dealkylation sites (tertiary alicyclic amines) is 1. The third kappa shape index (κ3) is 2.95. The summed E-state index contributed by atoms with van der Waals surface area (Å²) in [5.74, 6) is -0.206. The number of amides is 1. The van der Waals surface area contributed by atoms with Gasteiger partial charge in [0.05, 0.1) is 6.04 Å². The van der Waals surface area contributed by atoms with Crippen LogP contribution in [0.4, 0.5) is 0 Å². The summed E-state index contributed by atoms with van der Waals surface area (Å²) in [6.07, 6.45) is 3.10. The lowest BCUT2D eigenvalue weighted by atomic mass is 9.83. The Bertz CT molecular complexity index is 247. The van der Waals surface area contributed by atoms with Crippen LogP contribution in [-0.4, -0.2) is 36.0 Å². The van der Waals surface area contributed by atoms with Gasteiger partial charge in [0.1, 0.15) is 0 Å². The Balaban J connectivity index is 2.84. The molecule has 1 saturated heterocycles. The first-order valence-electron chi connectivity index (χ1n) is 6.13. The van der Waals surface area contributed by atoms with Gasteiger partial charge in [-0.1, -0.05) is 27.2 Å². The molecule has 2 atom stereocenters. The number of nitrogens with two attached hydrogens (primary N) is 2. The number of rotatable bonds is 3. The van der Waals surface area contributed by atoms with Crippen LogP contribution in [0.5, 0.6) is 0 Å². The fourth-order valence-corrected chi connectivity index (χ4v) is 2.62. The molecule has 0 saturated carbocycles. The molecule has 0 aromatic rings. The zero-order chi connectivity index (χ0) is 12.3. The molecule has 1 amide bonds. The van der Waals surface area contributed by atoms with Gasteiger partial charge in [-0.05, 0) is 24.8 Å². The maximum atomic E-state index is 11.5. The van der Waals surface area contributed by atoms with E-state index in [1.165, 1.54) is 0 Å². The van der Waals surface area contributed by atoms with E-state index in [9.17, 15) is 4.79 Å². The van der Waals surface area contributed by atoms with Gasteiger partial charge in [0, 0.05) is 12.6 Å². The highest BCUT2D eigenvalue weighted by Crippen LogP contribution is 2.29. The van der Waals surface area contributed by atoms with Crippen LogP contribution in [0.15, 0.2) is 0 Å². The first-order valence-corrected chi connectivity index (χ1v) is 6.13. The van der Waals surface area contributed by atoms with Gasteiger partial charge in [-0.2, -0.15) is 0 Å². The Morgan fingerprint density at radius 2 is 2.06 bits per heavy atom. The predicted octanol–water partition coefficient (Wildman–Crippen LogP) is 0.700. The molecule has 1 rings (SSSR count). The summed E-state index contributed by atoms with van der Waals surface area (Å²) in [7, 11) is 0. The van der Waals surface area contributed by atoms with E-state index in [0.29, 0.717) is 6.54 Å². The summed E-state index contributed by atoms with van der Waals surface area (Å²) in [4.78, 5) is 13.7. The third-order valence-electron chi connectivity index (χ3n) is 3.50. The number of nitrogens with zero attached hydrogens (tertiary/aromatic N) is 1. The highest BCUT2D eigenvalue weighted by atomic mass is 16.1. The topological polar surface area (TPSA) is 72.3 Å². The molecule has 0 aliphatic carbocycles. The van der Waals surface area contributed by atoms with Crippen molar-refractivity contribution in [3.8, 4) is 0 Å². The second-order valence-corrected chi connectivity index (χ2v) is 5.77. The van der Waals surface area contributed by atoms with Crippen molar-refractivity contribution in [2.45, 2.75) is 52.1 Å². The second kappa shape index (κ2) is 5.15. The van der Waals surface area contributed by atoms with E-state index in [0.717, 1.165) is 25.8 Å². The van der Waals surface area contributed by atoms with Crippen molar-refractivity contribution in [3.05, 3.63) is 0 Å². The van der Waals surface area contributed by atoms with Crippen molar-refractivity contribution in [2.75, 3.05) is 13.1 Å². The number of hydrogen-bond acceptors (Lipinski definition) is 3. The highest BCUT2D eigenvalue weighted by Gasteiger charge is 2.37. The van der Waals surface area contributed by atoms with Gasteiger partial charge in [0.25, 0.3) is 0 Å². The molecular weight excluding hydrogens is 202 g/mol. The number of piperidine rings is 1. The Morgan fingerprint density at radius 1 is 1.44 bits per heavy atom. The second-order valence-electron chi connectivity index (χ2n) is 5.77. The van der Waals surface area contributed by atoms with Gasteiger partial charge in [-0.15, -0.1) is 0 Å². The molecular formula is C12H25N3O. The number of hydrogen-bond donors (Lipinski definition) is 2. The van der Waals surface area contributed by atoms with E-state index in [-0.39, 0.29) is 23.4 Å². The fraction of sp³-hybridized carbons (Fsp3) is 0.917. The van der Waals surface area contributed by atoms with Crippen LogP contribution in [0.2, 0.25) is 0 Å². The normalized spacial score (nSPS) is 25.4. The largest absolute Gasteiger partial charge is 0.368 e. The summed E-state index contributed by atoms with van der Waals surface area (Å²) < 4.78 is 0. The van der Waals surface area contributed by atoms with Crippen LogP contribution >= 0.6 is 0 Å². The smallest absolute Gasteiger partial charge is 0.234 e. The van der Waals surface area contributed by atoms with E-state index < -0.39 is 0 Å². The Morgan fingerprint density at radius 3 is 2.50 bits per heavy atom. The first kappa shape index (κ1) is 13.5. The molecule has 94 valence electrons. The number of carbonyl (C=O) groups excluding carboxylic acids is 1. The molecule has 4 heteroatoms. The molecule has 2 unspecified atom stereocenters. The minimum atomic E-state index is -0.206. The fourth-order valence-electron chi connectivity index (χ4n) is 2.62. The third-order valence-corrected chi connectivity index (χ3v) is 3.50. The quantitative estimate of drug-likeness (QED) is 0.745. The SMILES string of the molecule is CC(C)(C)C(CN)N1CCCCC1C(N)=O. The van der Waals surface area contributed by atoms with E-state index in [2.05, 4.69) is 25.7 Å². The van der Waals surface area contributed by atoms with E-state index in [4.69, 9.17) is 11.5 Å². The van der Waals surface area contributed by atoms with Crippen molar-refractivity contribution >= 4 is 5.91 Å². The van der Waals surface area contributed by atoms with Crippen LogP contribution in [0, 0.1) is 5.41 Å². The van der Waals surface area contributed by atoms with Crippen LogP contribution in [0.3, 0.4) is 0 Å². The summed E-state index contributed by atoms with van der Waals surface area (Å²) >= 11 is 0. The molecule has 1 fully saturated rings. The zero-order valence-electron chi connectivity index (χ0n) is 10.7. The summed E-state index contributed by atoms with van der Waals surface area (Å²) in [5, 5.41) is 0. The minimum Gasteiger partial charge on any atom is -0.368 e. The van der Waals surface area contributed by atoms with Crippen molar-refractivity contribution in [1.82, 2.24) is 4.90 Å².